The number of fused-ring (bicyclic) bond motifs is 1. The van der Waals surface area contributed by atoms with Crippen LogP contribution in [0.5, 0.6) is 0 Å². The molecule has 1 aromatic carbocycles. The Bertz CT molecular complexity index is 1320. The van der Waals surface area contributed by atoms with Crippen molar-refractivity contribution >= 4 is 39.4 Å². The standard InChI is InChI=1S/C22H21F3N4O4S2/c1-3-33-21(30)17-16-9-13(10-27-35(31,32)22(24)25)11-29(16)19(20-26-6-7-34-20)28-18(17)15-5-4-14(23)8-12(15)2/h4-8,10,13,18,22H,3,9,11H2,1-2H3/b27-10+/t13?,18-/m0/s1. The van der Waals surface area contributed by atoms with Gasteiger partial charge >= 0.3 is 21.8 Å². The Morgan fingerprint density at radius 1 is 1.40 bits per heavy atom. The summed E-state index contributed by atoms with van der Waals surface area (Å²) in [5.74, 6) is -4.85. The number of carbonyl (C=O) groups is 1. The molecule has 0 amide bonds. The molecule has 2 aliphatic heterocycles. The van der Waals surface area contributed by atoms with E-state index in [1.807, 2.05) is 0 Å². The van der Waals surface area contributed by atoms with E-state index < -0.39 is 39.5 Å². The average Bonchev–Trinajstić information content (AvgIpc) is 3.47. The fourth-order valence-corrected chi connectivity index (χ4v) is 5.16. The number of alkyl halides is 2. The lowest BCUT2D eigenvalue weighted by molar-refractivity contribution is -0.139. The van der Waals surface area contributed by atoms with Crippen molar-refractivity contribution in [3.8, 4) is 0 Å². The topological polar surface area (TPSA) is 101 Å². The minimum absolute atomic E-state index is 0.102. The Labute approximate surface area is 203 Å². The largest absolute Gasteiger partial charge is 0.463 e. The number of benzene rings is 1. The number of allylic oxidation sites excluding steroid dienone is 1. The van der Waals surface area contributed by atoms with Crippen molar-refractivity contribution in [1.82, 2.24) is 9.88 Å². The highest BCUT2D eigenvalue weighted by Gasteiger charge is 2.42. The molecule has 2 aromatic rings. The van der Waals surface area contributed by atoms with Crippen LogP contribution in [0.2, 0.25) is 0 Å². The number of aromatic nitrogens is 1. The van der Waals surface area contributed by atoms with E-state index in [2.05, 4.69) is 9.38 Å². The monoisotopic (exact) mass is 526 g/mol. The molecule has 2 aliphatic rings. The van der Waals surface area contributed by atoms with Crippen molar-refractivity contribution in [1.29, 1.82) is 0 Å². The van der Waals surface area contributed by atoms with E-state index in [-0.39, 0.29) is 25.1 Å². The van der Waals surface area contributed by atoms with Crippen molar-refractivity contribution in [2.45, 2.75) is 32.1 Å². The smallest absolute Gasteiger partial charge is 0.357 e. The van der Waals surface area contributed by atoms with Gasteiger partial charge in [-0.1, -0.05) is 6.07 Å². The number of hydrogen-bond donors (Lipinski definition) is 0. The average molecular weight is 527 g/mol. The highest BCUT2D eigenvalue weighted by Crippen LogP contribution is 2.42. The molecular formula is C22H21F3N4O4S2. The molecule has 0 radical (unpaired) electrons. The number of sulfonamides is 1. The lowest BCUT2D eigenvalue weighted by Gasteiger charge is -2.32. The first-order valence-corrected chi connectivity index (χ1v) is 13.0. The van der Waals surface area contributed by atoms with Gasteiger partial charge in [-0.15, -0.1) is 11.3 Å². The van der Waals surface area contributed by atoms with Crippen LogP contribution in [-0.2, 0) is 19.6 Å². The number of halogens is 3. The highest BCUT2D eigenvalue weighted by molar-refractivity contribution is 7.90. The van der Waals surface area contributed by atoms with E-state index in [1.165, 1.54) is 23.5 Å². The number of aliphatic imine (C=N–C) groups is 1. The molecule has 186 valence electrons. The van der Waals surface area contributed by atoms with E-state index in [9.17, 15) is 26.4 Å². The second kappa shape index (κ2) is 9.90. The number of ether oxygens (including phenoxy) is 1. The van der Waals surface area contributed by atoms with Crippen LogP contribution >= 0.6 is 11.3 Å². The third-order valence-corrected chi connectivity index (χ3v) is 7.21. The molecule has 1 aromatic heterocycles. The van der Waals surface area contributed by atoms with E-state index in [1.54, 1.807) is 36.4 Å². The van der Waals surface area contributed by atoms with Gasteiger partial charge in [0.05, 0.1) is 12.2 Å². The van der Waals surface area contributed by atoms with Gasteiger partial charge in [-0.2, -0.15) is 21.6 Å². The Morgan fingerprint density at radius 2 is 2.17 bits per heavy atom. The maximum Gasteiger partial charge on any atom is 0.357 e. The normalized spacial score (nSPS) is 20.5. The molecule has 0 aliphatic carbocycles. The molecule has 0 N–H and O–H groups in total. The number of aryl methyl sites for hydroxylation is 1. The summed E-state index contributed by atoms with van der Waals surface area (Å²) in [5.41, 5.74) is 1.89. The summed E-state index contributed by atoms with van der Waals surface area (Å²) in [7, 11) is -4.94. The van der Waals surface area contributed by atoms with Gasteiger partial charge in [0.15, 0.2) is 10.8 Å². The molecular weight excluding hydrogens is 505 g/mol. The Kier molecular flexibility index (Phi) is 7.08. The van der Waals surface area contributed by atoms with Crippen LogP contribution in [0.3, 0.4) is 0 Å². The number of nitrogens with zero attached hydrogens (tertiary/aromatic N) is 4. The number of amidine groups is 1. The van der Waals surface area contributed by atoms with Gasteiger partial charge in [0.2, 0.25) is 0 Å². The summed E-state index contributed by atoms with van der Waals surface area (Å²) in [4.78, 5) is 24.0. The van der Waals surface area contributed by atoms with Crippen LogP contribution in [0.1, 0.15) is 35.5 Å². The van der Waals surface area contributed by atoms with Gasteiger partial charge < -0.3 is 9.64 Å². The summed E-state index contributed by atoms with van der Waals surface area (Å²) in [6, 6.07) is 3.34. The van der Waals surface area contributed by atoms with Crippen LogP contribution < -0.4 is 0 Å². The van der Waals surface area contributed by atoms with Crippen molar-refractivity contribution < 1.29 is 31.1 Å². The number of hydrogen-bond acceptors (Lipinski definition) is 8. The molecule has 0 spiro atoms. The number of rotatable bonds is 7. The lowest BCUT2D eigenvalue weighted by Crippen LogP contribution is -2.35. The van der Waals surface area contributed by atoms with Crippen LogP contribution in [0, 0.1) is 18.7 Å². The van der Waals surface area contributed by atoms with Gasteiger partial charge in [-0.25, -0.2) is 14.2 Å². The minimum atomic E-state index is -4.94. The summed E-state index contributed by atoms with van der Waals surface area (Å²) >= 11 is 1.31. The molecule has 8 nitrogen and oxygen atoms in total. The molecule has 1 fully saturated rings. The van der Waals surface area contributed by atoms with Crippen LogP contribution in [0.25, 0.3) is 0 Å². The van der Waals surface area contributed by atoms with Crippen molar-refractivity contribution in [3.05, 3.63) is 63.0 Å². The van der Waals surface area contributed by atoms with Crippen LogP contribution in [0.15, 0.2) is 50.4 Å². The fourth-order valence-electron chi connectivity index (χ4n) is 4.08. The Balaban J connectivity index is 1.85. The number of carbonyl (C=O) groups excluding carboxylic acids is 1. The van der Waals surface area contributed by atoms with Gasteiger partial charge in [0.1, 0.15) is 11.9 Å². The van der Waals surface area contributed by atoms with Crippen molar-refractivity contribution in [3.63, 3.8) is 0 Å². The molecule has 3 heterocycles. The zero-order valence-corrected chi connectivity index (χ0v) is 20.3. The second-order valence-electron chi connectivity index (χ2n) is 7.88. The summed E-state index contributed by atoms with van der Waals surface area (Å²) in [5, 5.41) is 2.30. The maximum absolute atomic E-state index is 13.8. The molecule has 13 heteroatoms. The van der Waals surface area contributed by atoms with Crippen molar-refractivity contribution in [2.24, 2.45) is 15.3 Å². The van der Waals surface area contributed by atoms with E-state index in [0.717, 1.165) is 6.21 Å². The number of thiazole rings is 1. The van der Waals surface area contributed by atoms with Crippen LogP contribution in [0.4, 0.5) is 13.2 Å². The second-order valence-corrected chi connectivity index (χ2v) is 10.4. The summed E-state index contributed by atoms with van der Waals surface area (Å²) in [6.07, 6.45) is 2.69. The first-order chi connectivity index (χ1) is 16.6. The first kappa shape index (κ1) is 25.0. The minimum Gasteiger partial charge on any atom is -0.463 e. The van der Waals surface area contributed by atoms with Crippen LogP contribution in [-0.4, -0.2) is 55.2 Å². The van der Waals surface area contributed by atoms with Gasteiger partial charge in [-0.3, -0.25) is 4.99 Å². The molecule has 35 heavy (non-hydrogen) atoms. The predicted octanol–water partition coefficient (Wildman–Crippen LogP) is 3.85. The van der Waals surface area contributed by atoms with Gasteiger partial charge in [-0.05, 0) is 43.5 Å². The quantitative estimate of drug-likeness (QED) is 0.401. The van der Waals surface area contributed by atoms with E-state index >= 15 is 0 Å². The maximum atomic E-state index is 13.8. The molecule has 0 saturated carbocycles. The lowest BCUT2D eigenvalue weighted by atomic mass is 9.91. The fraction of sp³-hybridized carbons (Fsp3) is 0.364. The number of esters is 1. The zero-order chi connectivity index (χ0) is 25.3. The molecule has 4 rings (SSSR count). The summed E-state index contributed by atoms with van der Waals surface area (Å²) < 4.78 is 70.8. The Morgan fingerprint density at radius 3 is 2.80 bits per heavy atom. The SMILES string of the molecule is CCOC(=O)C1=C2CC(/C=N/S(=O)(=O)C(F)F)CN2C(c2nccs2)=N[C@H]1c1ccc(F)cc1C. The molecule has 1 saturated heterocycles. The third-order valence-electron chi connectivity index (χ3n) is 5.58. The third kappa shape index (κ3) is 5.01. The molecule has 1 unspecified atom stereocenters. The van der Waals surface area contributed by atoms with Gasteiger partial charge in [0.25, 0.3) is 0 Å². The van der Waals surface area contributed by atoms with Gasteiger partial charge in [0, 0.05) is 36.0 Å². The predicted molar refractivity (Wildman–Crippen MR) is 124 cm³/mol. The van der Waals surface area contributed by atoms with E-state index in [4.69, 9.17) is 9.73 Å². The zero-order valence-electron chi connectivity index (χ0n) is 18.7. The van der Waals surface area contributed by atoms with E-state index in [0.29, 0.717) is 27.7 Å². The highest BCUT2D eigenvalue weighted by atomic mass is 32.2. The van der Waals surface area contributed by atoms with Crippen molar-refractivity contribution in [2.75, 3.05) is 13.2 Å². The molecule has 2 atom stereocenters. The molecule has 0 bridgehead atoms. The Hall–Kier alpha value is -3.06. The first-order valence-electron chi connectivity index (χ1n) is 10.6. The summed E-state index contributed by atoms with van der Waals surface area (Å²) in [6.45, 7) is 3.61.